The molecule has 1 heterocycles. The first kappa shape index (κ1) is 11.3. The van der Waals surface area contributed by atoms with Gasteiger partial charge < -0.3 is 5.32 Å². The van der Waals surface area contributed by atoms with Gasteiger partial charge in [0.25, 0.3) is 5.82 Å². The van der Waals surface area contributed by atoms with Crippen LogP contribution in [0.1, 0.15) is 17.0 Å². The zero-order valence-corrected chi connectivity index (χ0v) is 9.81. The first-order chi connectivity index (χ1) is 8.24. The van der Waals surface area contributed by atoms with E-state index in [4.69, 9.17) is 5.26 Å². The normalized spacial score (nSPS) is 10.2. The largest absolute Gasteiger partial charge is 0.316 e. The fourth-order valence-electron chi connectivity index (χ4n) is 1.70. The van der Waals surface area contributed by atoms with Crippen LogP contribution in [-0.2, 0) is 6.54 Å². The van der Waals surface area contributed by atoms with Gasteiger partial charge in [-0.3, -0.25) is 0 Å². The van der Waals surface area contributed by atoms with Crippen LogP contribution in [0.15, 0.2) is 24.5 Å². The number of nitrogens with zero attached hydrogens (tertiary/aromatic N) is 4. The predicted molar refractivity (Wildman–Crippen MR) is 63.6 cm³/mol. The van der Waals surface area contributed by atoms with Crippen LogP contribution in [0.3, 0.4) is 0 Å². The van der Waals surface area contributed by atoms with Crippen molar-refractivity contribution in [3.8, 4) is 11.8 Å². The lowest BCUT2D eigenvalue weighted by molar-refractivity contribution is 0.786. The second kappa shape index (κ2) is 4.76. The SMILES string of the molecule is CNCc1cc(C)ccc1-n1cnc(C#N)n1. The molecule has 0 saturated carbocycles. The maximum Gasteiger partial charge on any atom is 0.252 e. The summed E-state index contributed by atoms with van der Waals surface area (Å²) in [5.74, 6) is 0.181. The minimum Gasteiger partial charge on any atom is -0.316 e. The second-order valence-corrected chi connectivity index (χ2v) is 3.79. The molecule has 1 aromatic heterocycles. The number of aromatic nitrogens is 3. The molecule has 0 amide bonds. The molecule has 86 valence electrons. The molecule has 17 heavy (non-hydrogen) atoms. The molecule has 0 unspecified atom stereocenters. The summed E-state index contributed by atoms with van der Waals surface area (Å²) in [6, 6.07) is 8.02. The molecule has 0 bridgehead atoms. The summed E-state index contributed by atoms with van der Waals surface area (Å²) in [7, 11) is 1.90. The predicted octanol–water partition coefficient (Wildman–Crippen LogP) is 1.17. The van der Waals surface area contributed by atoms with Crippen molar-refractivity contribution in [3.63, 3.8) is 0 Å². The molecule has 0 aliphatic carbocycles. The number of hydrogen-bond acceptors (Lipinski definition) is 4. The number of nitrogens with one attached hydrogen (secondary N) is 1. The highest BCUT2D eigenvalue weighted by Gasteiger charge is 2.07. The van der Waals surface area contributed by atoms with Gasteiger partial charge in [0.1, 0.15) is 12.4 Å². The maximum atomic E-state index is 8.71. The van der Waals surface area contributed by atoms with E-state index < -0.39 is 0 Å². The first-order valence-electron chi connectivity index (χ1n) is 5.31. The smallest absolute Gasteiger partial charge is 0.252 e. The molecule has 0 atom stereocenters. The van der Waals surface area contributed by atoms with Gasteiger partial charge in [-0.2, -0.15) is 5.26 Å². The lowest BCUT2D eigenvalue weighted by Crippen LogP contribution is -2.09. The van der Waals surface area contributed by atoms with Crippen molar-refractivity contribution in [3.05, 3.63) is 41.5 Å². The molecule has 5 nitrogen and oxygen atoms in total. The molecule has 2 aromatic rings. The highest BCUT2D eigenvalue weighted by Crippen LogP contribution is 2.15. The monoisotopic (exact) mass is 227 g/mol. The fourth-order valence-corrected chi connectivity index (χ4v) is 1.70. The van der Waals surface area contributed by atoms with Crippen LogP contribution < -0.4 is 5.32 Å². The lowest BCUT2D eigenvalue weighted by Gasteiger charge is -2.09. The molecule has 0 aliphatic heterocycles. The standard InChI is InChI=1S/C12H13N5/c1-9-3-4-11(10(5-9)7-14-2)17-8-15-12(6-13)16-17/h3-5,8,14H,7H2,1-2H3. The summed E-state index contributed by atoms with van der Waals surface area (Å²) in [5.41, 5.74) is 3.26. The van der Waals surface area contributed by atoms with Crippen molar-refractivity contribution in [2.24, 2.45) is 0 Å². The topological polar surface area (TPSA) is 66.5 Å². The van der Waals surface area contributed by atoms with E-state index in [1.807, 2.05) is 32.2 Å². The van der Waals surface area contributed by atoms with Gasteiger partial charge in [-0.05, 0) is 25.6 Å². The van der Waals surface area contributed by atoms with Gasteiger partial charge in [-0.25, -0.2) is 9.67 Å². The van der Waals surface area contributed by atoms with Crippen molar-refractivity contribution >= 4 is 0 Å². The summed E-state index contributed by atoms with van der Waals surface area (Å²) < 4.78 is 1.63. The molecule has 0 aliphatic rings. The van der Waals surface area contributed by atoms with Crippen LogP contribution >= 0.6 is 0 Å². The van der Waals surface area contributed by atoms with Crippen molar-refractivity contribution in [1.82, 2.24) is 20.1 Å². The summed E-state index contributed by atoms with van der Waals surface area (Å²) in [6.07, 6.45) is 1.56. The summed E-state index contributed by atoms with van der Waals surface area (Å²) >= 11 is 0. The van der Waals surface area contributed by atoms with Gasteiger partial charge >= 0.3 is 0 Å². The van der Waals surface area contributed by atoms with Crippen molar-refractivity contribution in [2.75, 3.05) is 7.05 Å². The van der Waals surface area contributed by atoms with Crippen molar-refractivity contribution in [1.29, 1.82) is 5.26 Å². The molecule has 2 rings (SSSR count). The Balaban J connectivity index is 2.47. The molecule has 0 radical (unpaired) electrons. The van der Waals surface area contributed by atoms with Gasteiger partial charge in [0, 0.05) is 6.54 Å². The Kier molecular flexibility index (Phi) is 3.17. The quantitative estimate of drug-likeness (QED) is 0.854. The van der Waals surface area contributed by atoms with Gasteiger partial charge in [-0.15, -0.1) is 5.10 Å². The van der Waals surface area contributed by atoms with Gasteiger partial charge in [0.15, 0.2) is 0 Å². The lowest BCUT2D eigenvalue weighted by atomic mass is 10.1. The third-order valence-corrected chi connectivity index (χ3v) is 2.44. The molecular formula is C12H13N5. The Labute approximate surface area is 99.7 Å². The summed E-state index contributed by atoms with van der Waals surface area (Å²) in [6.45, 7) is 2.80. The van der Waals surface area contributed by atoms with Crippen LogP contribution in [0.5, 0.6) is 0 Å². The van der Waals surface area contributed by atoms with Gasteiger partial charge in [0.2, 0.25) is 0 Å². The first-order valence-corrected chi connectivity index (χ1v) is 5.31. The molecule has 5 heteroatoms. The highest BCUT2D eigenvalue weighted by molar-refractivity contribution is 5.42. The number of hydrogen-bond donors (Lipinski definition) is 1. The van der Waals surface area contributed by atoms with Gasteiger partial charge in [0.05, 0.1) is 5.69 Å². The van der Waals surface area contributed by atoms with Crippen LogP contribution in [0.25, 0.3) is 5.69 Å². The maximum absolute atomic E-state index is 8.71. The average Bonchev–Trinajstić information content (AvgIpc) is 2.78. The number of rotatable bonds is 3. The number of aryl methyl sites for hydroxylation is 1. The van der Waals surface area contributed by atoms with E-state index in [9.17, 15) is 0 Å². The Morgan fingerprint density at radius 3 is 2.94 bits per heavy atom. The Morgan fingerprint density at radius 2 is 2.29 bits per heavy atom. The molecule has 0 fully saturated rings. The highest BCUT2D eigenvalue weighted by atomic mass is 15.3. The molecule has 1 N–H and O–H groups in total. The Bertz CT molecular complexity index is 565. The average molecular weight is 227 g/mol. The van der Waals surface area contributed by atoms with E-state index in [2.05, 4.69) is 21.5 Å². The zero-order valence-electron chi connectivity index (χ0n) is 9.81. The zero-order chi connectivity index (χ0) is 12.3. The van der Waals surface area contributed by atoms with E-state index in [1.54, 1.807) is 11.0 Å². The van der Waals surface area contributed by atoms with E-state index in [0.717, 1.165) is 17.8 Å². The summed E-state index contributed by atoms with van der Waals surface area (Å²) in [5, 5.41) is 15.9. The Hall–Kier alpha value is -2.19. The third-order valence-electron chi connectivity index (χ3n) is 2.44. The van der Waals surface area contributed by atoms with Crippen molar-refractivity contribution in [2.45, 2.75) is 13.5 Å². The fraction of sp³-hybridized carbons (Fsp3) is 0.250. The Morgan fingerprint density at radius 1 is 1.47 bits per heavy atom. The number of benzene rings is 1. The van der Waals surface area contributed by atoms with Crippen LogP contribution in [0, 0.1) is 18.3 Å². The van der Waals surface area contributed by atoms with Crippen LogP contribution in [0.2, 0.25) is 0 Å². The second-order valence-electron chi connectivity index (χ2n) is 3.79. The molecule has 1 aromatic carbocycles. The van der Waals surface area contributed by atoms with E-state index in [-0.39, 0.29) is 5.82 Å². The van der Waals surface area contributed by atoms with Crippen LogP contribution in [0.4, 0.5) is 0 Å². The van der Waals surface area contributed by atoms with Crippen molar-refractivity contribution < 1.29 is 0 Å². The summed E-state index contributed by atoms with van der Waals surface area (Å²) in [4.78, 5) is 3.91. The minimum absolute atomic E-state index is 0.181. The van der Waals surface area contributed by atoms with Crippen LogP contribution in [-0.4, -0.2) is 21.8 Å². The van der Waals surface area contributed by atoms with E-state index in [0.29, 0.717) is 0 Å². The molecule has 0 spiro atoms. The molecule has 0 saturated heterocycles. The minimum atomic E-state index is 0.181. The number of nitriles is 1. The van der Waals surface area contributed by atoms with E-state index in [1.165, 1.54) is 5.56 Å². The van der Waals surface area contributed by atoms with E-state index >= 15 is 0 Å². The molecular weight excluding hydrogens is 214 g/mol. The van der Waals surface area contributed by atoms with Gasteiger partial charge in [-0.1, -0.05) is 17.7 Å². The third kappa shape index (κ3) is 2.32.